The molecule has 0 aliphatic carbocycles. The largest absolute Gasteiger partial charge is 0.454 e. The van der Waals surface area contributed by atoms with E-state index < -0.39 is 0 Å². The monoisotopic (exact) mass is 361 g/mol. The molecule has 136 valence electrons. The van der Waals surface area contributed by atoms with Crippen LogP contribution in [0, 0.1) is 13.8 Å². The van der Waals surface area contributed by atoms with Crippen LogP contribution in [0.4, 0.5) is 17.2 Å². The maximum Gasteiger partial charge on any atom is 0.256 e. The second-order valence-corrected chi connectivity index (χ2v) is 6.33. The summed E-state index contributed by atoms with van der Waals surface area (Å²) in [5.41, 5.74) is 4.79. The molecule has 0 unspecified atom stereocenters. The highest BCUT2D eigenvalue weighted by Gasteiger charge is 2.16. The molecule has 2 aromatic carbocycles. The lowest BCUT2D eigenvalue weighted by Gasteiger charge is -2.12. The Kier molecular flexibility index (Phi) is 4.38. The Balaban J connectivity index is 1.44. The van der Waals surface area contributed by atoms with Crippen molar-refractivity contribution in [3.63, 3.8) is 0 Å². The molecule has 3 aromatic rings. The third kappa shape index (κ3) is 3.55. The molecule has 27 heavy (non-hydrogen) atoms. The third-order valence-electron chi connectivity index (χ3n) is 4.52. The van der Waals surface area contributed by atoms with Gasteiger partial charge in [-0.25, -0.2) is 4.98 Å². The Morgan fingerprint density at radius 3 is 2.70 bits per heavy atom. The maximum atomic E-state index is 12.4. The van der Waals surface area contributed by atoms with Crippen LogP contribution in [0.25, 0.3) is 0 Å². The SMILES string of the molecule is Cc1cccc(Nc2ccc(NC(=O)c3ccc4c(c3)OCO4)nc2)c1C. The Morgan fingerprint density at radius 2 is 1.89 bits per heavy atom. The predicted octanol–water partition coefficient (Wildman–Crippen LogP) is 4.42. The van der Waals surface area contributed by atoms with Crippen LogP contribution in [-0.2, 0) is 0 Å². The first-order valence-corrected chi connectivity index (χ1v) is 8.60. The van der Waals surface area contributed by atoms with Crippen molar-refractivity contribution in [2.24, 2.45) is 0 Å². The van der Waals surface area contributed by atoms with Gasteiger partial charge >= 0.3 is 0 Å². The van der Waals surface area contributed by atoms with E-state index >= 15 is 0 Å². The fourth-order valence-electron chi connectivity index (χ4n) is 2.81. The molecule has 1 aliphatic rings. The number of rotatable bonds is 4. The lowest BCUT2D eigenvalue weighted by Crippen LogP contribution is -2.12. The number of carbonyl (C=O) groups is 1. The molecule has 0 radical (unpaired) electrons. The highest BCUT2D eigenvalue weighted by Crippen LogP contribution is 2.32. The van der Waals surface area contributed by atoms with Crippen LogP contribution in [0.2, 0.25) is 0 Å². The van der Waals surface area contributed by atoms with E-state index in [0.29, 0.717) is 22.9 Å². The van der Waals surface area contributed by atoms with Gasteiger partial charge in [0.15, 0.2) is 11.5 Å². The summed E-state index contributed by atoms with van der Waals surface area (Å²) >= 11 is 0. The number of amides is 1. The van der Waals surface area contributed by atoms with Crippen molar-refractivity contribution in [1.82, 2.24) is 4.98 Å². The molecule has 6 nitrogen and oxygen atoms in total. The molecule has 4 rings (SSSR count). The number of carbonyl (C=O) groups excluding carboxylic acids is 1. The summed E-state index contributed by atoms with van der Waals surface area (Å²) in [6, 6.07) is 14.8. The maximum absolute atomic E-state index is 12.4. The summed E-state index contributed by atoms with van der Waals surface area (Å²) in [6.07, 6.45) is 1.69. The number of hydrogen-bond acceptors (Lipinski definition) is 5. The van der Waals surface area contributed by atoms with Gasteiger partial charge in [0.05, 0.1) is 11.9 Å². The van der Waals surface area contributed by atoms with E-state index in [1.54, 1.807) is 30.5 Å². The smallest absolute Gasteiger partial charge is 0.256 e. The third-order valence-corrected chi connectivity index (χ3v) is 4.52. The summed E-state index contributed by atoms with van der Waals surface area (Å²) in [5, 5.41) is 6.13. The Bertz CT molecular complexity index is 1000. The summed E-state index contributed by atoms with van der Waals surface area (Å²) in [6.45, 7) is 4.33. The fourth-order valence-corrected chi connectivity index (χ4v) is 2.81. The number of aromatic nitrogens is 1. The molecule has 0 saturated heterocycles. The average molecular weight is 361 g/mol. The summed E-state index contributed by atoms with van der Waals surface area (Å²) in [5.74, 6) is 1.44. The molecule has 1 aromatic heterocycles. The Labute approximate surface area is 157 Å². The molecule has 1 aliphatic heterocycles. The fraction of sp³-hybridized carbons (Fsp3) is 0.143. The number of pyridine rings is 1. The number of ether oxygens (including phenoxy) is 2. The molecule has 0 bridgehead atoms. The van der Waals surface area contributed by atoms with Crippen LogP contribution in [0.1, 0.15) is 21.5 Å². The standard InChI is InChI=1S/C21H19N3O3/c1-13-4-3-5-17(14(13)2)23-16-7-9-20(22-11-16)24-21(25)15-6-8-18-19(10-15)27-12-26-18/h3-11,23H,12H2,1-2H3,(H,22,24,25). The zero-order valence-electron chi connectivity index (χ0n) is 15.1. The molecule has 0 saturated carbocycles. The van der Waals surface area contributed by atoms with Gasteiger partial charge < -0.3 is 20.1 Å². The zero-order valence-corrected chi connectivity index (χ0v) is 15.1. The molecular formula is C21H19N3O3. The van der Waals surface area contributed by atoms with Gasteiger partial charge in [-0.1, -0.05) is 12.1 Å². The molecule has 0 fully saturated rings. The number of benzene rings is 2. The number of anilines is 3. The highest BCUT2D eigenvalue weighted by molar-refractivity contribution is 6.04. The van der Waals surface area contributed by atoms with E-state index in [1.165, 1.54) is 11.1 Å². The first kappa shape index (κ1) is 16.9. The van der Waals surface area contributed by atoms with Crippen LogP contribution < -0.4 is 20.1 Å². The van der Waals surface area contributed by atoms with Gasteiger partial charge in [-0.3, -0.25) is 4.79 Å². The molecule has 0 atom stereocenters. The number of nitrogens with zero attached hydrogens (tertiary/aromatic N) is 1. The number of aryl methyl sites for hydroxylation is 1. The summed E-state index contributed by atoms with van der Waals surface area (Å²) < 4.78 is 10.6. The van der Waals surface area contributed by atoms with Crippen molar-refractivity contribution in [2.45, 2.75) is 13.8 Å². The lowest BCUT2D eigenvalue weighted by atomic mass is 10.1. The number of nitrogens with one attached hydrogen (secondary N) is 2. The highest BCUT2D eigenvalue weighted by atomic mass is 16.7. The quantitative estimate of drug-likeness (QED) is 0.719. The molecule has 2 heterocycles. The van der Waals surface area contributed by atoms with Crippen LogP contribution in [0.5, 0.6) is 11.5 Å². The molecular weight excluding hydrogens is 342 g/mol. The van der Waals surface area contributed by atoms with E-state index in [4.69, 9.17) is 9.47 Å². The van der Waals surface area contributed by atoms with Crippen molar-refractivity contribution >= 4 is 23.1 Å². The topological polar surface area (TPSA) is 72.5 Å². The second kappa shape index (κ2) is 6.99. The first-order valence-electron chi connectivity index (χ1n) is 8.60. The van der Waals surface area contributed by atoms with Crippen molar-refractivity contribution in [2.75, 3.05) is 17.4 Å². The molecule has 6 heteroatoms. The minimum atomic E-state index is -0.254. The van der Waals surface area contributed by atoms with E-state index in [9.17, 15) is 4.79 Å². The van der Waals surface area contributed by atoms with Crippen LogP contribution >= 0.6 is 0 Å². The van der Waals surface area contributed by atoms with Crippen molar-refractivity contribution < 1.29 is 14.3 Å². The predicted molar refractivity (Wildman–Crippen MR) is 104 cm³/mol. The second-order valence-electron chi connectivity index (χ2n) is 6.33. The minimum absolute atomic E-state index is 0.177. The minimum Gasteiger partial charge on any atom is -0.454 e. The van der Waals surface area contributed by atoms with Crippen LogP contribution in [-0.4, -0.2) is 17.7 Å². The van der Waals surface area contributed by atoms with Crippen molar-refractivity contribution in [3.8, 4) is 11.5 Å². The number of fused-ring (bicyclic) bond motifs is 1. The van der Waals surface area contributed by atoms with Crippen LogP contribution in [0.15, 0.2) is 54.7 Å². The van der Waals surface area contributed by atoms with Crippen LogP contribution in [0.3, 0.4) is 0 Å². The number of hydrogen-bond donors (Lipinski definition) is 2. The molecule has 1 amide bonds. The van der Waals surface area contributed by atoms with Gasteiger partial charge in [0.1, 0.15) is 5.82 Å². The van der Waals surface area contributed by atoms with E-state index in [0.717, 1.165) is 11.4 Å². The van der Waals surface area contributed by atoms with Gasteiger partial charge in [-0.2, -0.15) is 0 Å². The molecule has 0 spiro atoms. The van der Waals surface area contributed by atoms with E-state index in [2.05, 4.69) is 35.5 Å². The lowest BCUT2D eigenvalue weighted by molar-refractivity contribution is 0.102. The van der Waals surface area contributed by atoms with E-state index in [-0.39, 0.29) is 12.7 Å². The van der Waals surface area contributed by atoms with E-state index in [1.807, 2.05) is 18.2 Å². The zero-order chi connectivity index (χ0) is 18.8. The Hall–Kier alpha value is -3.54. The van der Waals surface area contributed by atoms with Gasteiger partial charge in [-0.15, -0.1) is 0 Å². The van der Waals surface area contributed by atoms with Gasteiger partial charge in [0, 0.05) is 11.3 Å². The normalized spacial score (nSPS) is 11.9. The first-order chi connectivity index (χ1) is 13.1. The van der Waals surface area contributed by atoms with Gasteiger partial charge in [-0.05, 0) is 61.4 Å². The van der Waals surface area contributed by atoms with Gasteiger partial charge in [0.2, 0.25) is 6.79 Å². The average Bonchev–Trinajstić information content (AvgIpc) is 3.15. The van der Waals surface area contributed by atoms with Crippen molar-refractivity contribution in [1.29, 1.82) is 0 Å². The Morgan fingerprint density at radius 1 is 1.04 bits per heavy atom. The van der Waals surface area contributed by atoms with Crippen molar-refractivity contribution in [3.05, 3.63) is 71.4 Å². The summed E-state index contributed by atoms with van der Waals surface area (Å²) in [4.78, 5) is 16.7. The van der Waals surface area contributed by atoms with Gasteiger partial charge in [0.25, 0.3) is 5.91 Å². The molecule has 2 N–H and O–H groups in total. The summed E-state index contributed by atoms with van der Waals surface area (Å²) in [7, 11) is 0.